The first-order chi connectivity index (χ1) is 10.8. The van der Waals surface area contributed by atoms with Crippen LogP contribution in [0.15, 0.2) is 24.3 Å². The SMILES string of the molecule is COc1ccccc1OCC(=O)N[C@H]1CC(=O)N(C(C)(C)C)C1. The molecule has 0 bridgehead atoms. The molecule has 0 unspecified atom stereocenters. The van der Waals surface area contributed by atoms with Crippen LogP contribution in [-0.4, -0.2) is 48.6 Å². The molecular formula is C17H24N2O4. The molecule has 1 saturated heterocycles. The van der Waals surface area contributed by atoms with Gasteiger partial charge in [-0.15, -0.1) is 0 Å². The van der Waals surface area contributed by atoms with Gasteiger partial charge in [-0.1, -0.05) is 12.1 Å². The standard InChI is InChI=1S/C17H24N2O4/c1-17(2,3)19-10-12(9-16(19)21)18-15(20)11-23-14-8-6-5-7-13(14)22-4/h5-8,12H,9-11H2,1-4H3,(H,18,20)/t12-/m0/s1. The van der Waals surface area contributed by atoms with E-state index in [0.29, 0.717) is 24.5 Å². The fourth-order valence-electron chi connectivity index (χ4n) is 2.60. The van der Waals surface area contributed by atoms with E-state index in [1.165, 1.54) is 0 Å². The Labute approximate surface area is 136 Å². The van der Waals surface area contributed by atoms with Crippen LogP contribution in [0, 0.1) is 0 Å². The first kappa shape index (κ1) is 17.1. The van der Waals surface area contributed by atoms with Crippen molar-refractivity contribution in [2.75, 3.05) is 20.3 Å². The van der Waals surface area contributed by atoms with Gasteiger partial charge in [-0.3, -0.25) is 9.59 Å². The molecule has 2 rings (SSSR count). The molecule has 1 fully saturated rings. The van der Waals surface area contributed by atoms with Gasteiger partial charge in [0.05, 0.1) is 13.2 Å². The number of nitrogens with zero attached hydrogens (tertiary/aromatic N) is 1. The van der Waals surface area contributed by atoms with Crippen LogP contribution in [-0.2, 0) is 9.59 Å². The number of rotatable bonds is 5. The Morgan fingerprint density at radius 1 is 1.30 bits per heavy atom. The Morgan fingerprint density at radius 2 is 1.96 bits per heavy atom. The maximum atomic E-state index is 12.0. The summed E-state index contributed by atoms with van der Waals surface area (Å²) >= 11 is 0. The predicted octanol–water partition coefficient (Wildman–Crippen LogP) is 1.59. The quantitative estimate of drug-likeness (QED) is 0.894. The van der Waals surface area contributed by atoms with Crippen molar-refractivity contribution in [2.45, 2.75) is 38.8 Å². The molecular weight excluding hydrogens is 296 g/mol. The molecule has 1 aliphatic rings. The van der Waals surface area contributed by atoms with Crippen LogP contribution < -0.4 is 14.8 Å². The third-order valence-electron chi connectivity index (χ3n) is 3.73. The molecule has 0 aromatic heterocycles. The molecule has 1 aromatic carbocycles. The first-order valence-electron chi connectivity index (χ1n) is 7.67. The monoisotopic (exact) mass is 320 g/mol. The second-order valence-electron chi connectivity index (χ2n) is 6.58. The molecule has 126 valence electrons. The molecule has 1 heterocycles. The zero-order chi connectivity index (χ0) is 17.0. The maximum absolute atomic E-state index is 12.0. The summed E-state index contributed by atoms with van der Waals surface area (Å²) in [5.74, 6) is 0.914. The van der Waals surface area contributed by atoms with Crippen molar-refractivity contribution < 1.29 is 19.1 Å². The topological polar surface area (TPSA) is 67.9 Å². The molecule has 0 radical (unpaired) electrons. The first-order valence-corrected chi connectivity index (χ1v) is 7.67. The number of para-hydroxylation sites is 2. The third-order valence-corrected chi connectivity index (χ3v) is 3.73. The minimum Gasteiger partial charge on any atom is -0.493 e. The van der Waals surface area contributed by atoms with E-state index in [0.717, 1.165) is 0 Å². The summed E-state index contributed by atoms with van der Waals surface area (Å²) in [6, 6.07) is 6.98. The van der Waals surface area contributed by atoms with Gasteiger partial charge >= 0.3 is 0 Å². The van der Waals surface area contributed by atoms with Crippen LogP contribution >= 0.6 is 0 Å². The molecule has 0 saturated carbocycles. The van der Waals surface area contributed by atoms with Crippen molar-refractivity contribution in [1.29, 1.82) is 0 Å². The number of hydrogen-bond donors (Lipinski definition) is 1. The Bertz CT molecular complexity index is 580. The van der Waals surface area contributed by atoms with Gasteiger partial charge < -0.3 is 19.7 Å². The summed E-state index contributed by atoms with van der Waals surface area (Å²) in [5.41, 5.74) is -0.232. The Morgan fingerprint density at radius 3 is 2.52 bits per heavy atom. The average molecular weight is 320 g/mol. The van der Waals surface area contributed by atoms with Crippen LogP contribution in [0.4, 0.5) is 0 Å². The Kier molecular flexibility index (Phi) is 5.13. The number of nitrogens with one attached hydrogen (secondary N) is 1. The van der Waals surface area contributed by atoms with Crippen LogP contribution in [0.3, 0.4) is 0 Å². The highest BCUT2D eigenvalue weighted by molar-refractivity contribution is 5.83. The molecule has 0 aliphatic carbocycles. The predicted molar refractivity (Wildman–Crippen MR) is 86.5 cm³/mol. The molecule has 1 aromatic rings. The fourth-order valence-corrected chi connectivity index (χ4v) is 2.60. The summed E-state index contributed by atoms with van der Waals surface area (Å²) in [7, 11) is 1.55. The van der Waals surface area contributed by atoms with Gasteiger partial charge in [-0.05, 0) is 32.9 Å². The third kappa shape index (κ3) is 4.37. The number of carbonyl (C=O) groups excluding carboxylic acids is 2. The number of ether oxygens (including phenoxy) is 2. The normalized spacial score (nSPS) is 18.0. The number of amides is 2. The lowest BCUT2D eigenvalue weighted by molar-refractivity contribution is -0.131. The Balaban J connectivity index is 1.85. The van der Waals surface area contributed by atoms with Crippen molar-refractivity contribution in [3.05, 3.63) is 24.3 Å². The molecule has 1 N–H and O–H groups in total. The van der Waals surface area contributed by atoms with Crippen molar-refractivity contribution in [2.24, 2.45) is 0 Å². The van der Waals surface area contributed by atoms with Gasteiger partial charge in [-0.25, -0.2) is 0 Å². The van der Waals surface area contributed by atoms with E-state index in [2.05, 4.69) is 5.32 Å². The van der Waals surface area contributed by atoms with E-state index in [4.69, 9.17) is 9.47 Å². The zero-order valence-corrected chi connectivity index (χ0v) is 14.1. The second kappa shape index (κ2) is 6.89. The lowest BCUT2D eigenvalue weighted by Gasteiger charge is -2.32. The van der Waals surface area contributed by atoms with Gasteiger partial charge in [0.1, 0.15) is 0 Å². The van der Waals surface area contributed by atoms with E-state index < -0.39 is 0 Å². The number of benzene rings is 1. The average Bonchev–Trinajstić information content (AvgIpc) is 2.86. The summed E-state index contributed by atoms with van der Waals surface area (Å²) < 4.78 is 10.7. The summed E-state index contributed by atoms with van der Waals surface area (Å²) in [5, 5.41) is 2.85. The van der Waals surface area contributed by atoms with E-state index in [-0.39, 0.29) is 30.0 Å². The molecule has 23 heavy (non-hydrogen) atoms. The van der Waals surface area contributed by atoms with Gasteiger partial charge in [-0.2, -0.15) is 0 Å². The molecule has 1 aliphatic heterocycles. The highest BCUT2D eigenvalue weighted by Gasteiger charge is 2.36. The smallest absolute Gasteiger partial charge is 0.258 e. The van der Waals surface area contributed by atoms with Crippen molar-refractivity contribution >= 4 is 11.8 Å². The van der Waals surface area contributed by atoms with Crippen LogP contribution in [0.1, 0.15) is 27.2 Å². The van der Waals surface area contributed by atoms with Gasteiger partial charge in [0.15, 0.2) is 18.1 Å². The number of likely N-dealkylation sites (tertiary alicyclic amines) is 1. The molecule has 6 nitrogen and oxygen atoms in total. The Hall–Kier alpha value is -2.24. The number of carbonyl (C=O) groups is 2. The molecule has 6 heteroatoms. The lowest BCUT2D eigenvalue weighted by atomic mass is 10.1. The van der Waals surface area contributed by atoms with Crippen LogP contribution in [0.5, 0.6) is 11.5 Å². The fraction of sp³-hybridized carbons (Fsp3) is 0.529. The van der Waals surface area contributed by atoms with Crippen LogP contribution in [0.2, 0.25) is 0 Å². The molecule has 2 amide bonds. The summed E-state index contributed by atoms with van der Waals surface area (Å²) in [4.78, 5) is 25.8. The second-order valence-corrected chi connectivity index (χ2v) is 6.58. The van der Waals surface area contributed by atoms with Crippen molar-refractivity contribution in [1.82, 2.24) is 10.2 Å². The highest BCUT2D eigenvalue weighted by atomic mass is 16.5. The minimum absolute atomic E-state index is 0.0634. The van der Waals surface area contributed by atoms with E-state index >= 15 is 0 Å². The maximum Gasteiger partial charge on any atom is 0.258 e. The van der Waals surface area contributed by atoms with Gasteiger partial charge in [0.25, 0.3) is 5.91 Å². The lowest BCUT2D eigenvalue weighted by Crippen LogP contribution is -2.45. The van der Waals surface area contributed by atoms with E-state index in [1.54, 1.807) is 24.1 Å². The minimum atomic E-state index is -0.246. The largest absolute Gasteiger partial charge is 0.493 e. The number of hydrogen-bond acceptors (Lipinski definition) is 4. The van der Waals surface area contributed by atoms with Gasteiger partial charge in [0.2, 0.25) is 5.91 Å². The number of methoxy groups -OCH3 is 1. The van der Waals surface area contributed by atoms with Crippen molar-refractivity contribution in [3.8, 4) is 11.5 Å². The molecule has 0 spiro atoms. The summed E-state index contributed by atoms with van der Waals surface area (Å²) in [6.45, 7) is 6.38. The highest BCUT2D eigenvalue weighted by Crippen LogP contribution is 2.25. The zero-order valence-electron chi connectivity index (χ0n) is 14.1. The van der Waals surface area contributed by atoms with Crippen molar-refractivity contribution in [3.63, 3.8) is 0 Å². The van der Waals surface area contributed by atoms with E-state index in [1.807, 2.05) is 32.9 Å². The molecule has 1 atom stereocenters. The van der Waals surface area contributed by atoms with E-state index in [9.17, 15) is 9.59 Å². The van der Waals surface area contributed by atoms with Gasteiger partial charge in [0, 0.05) is 18.5 Å². The van der Waals surface area contributed by atoms with Crippen LogP contribution in [0.25, 0.3) is 0 Å². The summed E-state index contributed by atoms with van der Waals surface area (Å²) in [6.07, 6.45) is 0.331.